The van der Waals surface area contributed by atoms with Crippen LogP contribution in [0.1, 0.15) is 21.7 Å². The van der Waals surface area contributed by atoms with Crippen LogP contribution in [0.25, 0.3) is 22.2 Å². The van der Waals surface area contributed by atoms with E-state index in [0.29, 0.717) is 27.9 Å². The third-order valence-electron chi connectivity index (χ3n) is 5.13. The van der Waals surface area contributed by atoms with E-state index in [2.05, 4.69) is 22.4 Å². The Morgan fingerprint density at radius 2 is 1.73 bits per heavy atom. The van der Waals surface area contributed by atoms with Crippen molar-refractivity contribution >= 4 is 45.1 Å². The molecule has 1 amide bonds. The molecule has 0 aliphatic rings. The van der Waals surface area contributed by atoms with E-state index in [9.17, 15) is 9.18 Å². The lowest BCUT2D eigenvalue weighted by molar-refractivity contribution is 0.0998. The molecule has 4 nitrogen and oxygen atoms in total. The lowest BCUT2D eigenvalue weighted by Crippen LogP contribution is -2.12. The second-order valence-electron chi connectivity index (χ2n) is 7.38. The van der Waals surface area contributed by atoms with E-state index < -0.39 is 0 Å². The number of carbonyl (C=O) groups is 1. The van der Waals surface area contributed by atoms with Gasteiger partial charge in [0.05, 0.1) is 5.69 Å². The van der Waals surface area contributed by atoms with Gasteiger partial charge in [0, 0.05) is 33.4 Å². The molecule has 0 bridgehead atoms. The molecule has 1 N–H and O–H groups in total. The zero-order valence-corrected chi connectivity index (χ0v) is 19.1. The van der Waals surface area contributed by atoms with Crippen molar-refractivity contribution in [3.05, 3.63) is 107 Å². The van der Waals surface area contributed by atoms with E-state index in [1.165, 1.54) is 29.0 Å². The molecule has 0 fully saturated rings. The number of thiazole rings is 1. The number of furan rings is 1. The summed E-state index contributed by atoms with van der Waals surface area (Å²) < 4.78 is 19.1. The summed E-state index contributed by atoms with van der Waals surface area (Å²) in [5, 5.41) is 6.09. The number of nitrogens with one attached hydrogen (secondary N) is 1. The van der Waals surface area contributed by atoms with Gasteiger partial charge >= 0.3 is 0 Å². The zero-order valence-electron chi connectivity index (χ0n) is 17.5. The Labute approximate surface area is 198 Å². The standard InChI is InChI=1S/C26H19FN2O2S2/c27-19-12-10-18(11-13-19)22-16-33-26(28-22)29-25(30)24-21(20-8-4-5-9-23(20)31-24)15-32-14-17-6-2-1-3-7-17/h1-13,16H,14-15H2,(H,28,29,30). The lowest BCUT2D eigenvalue weighted by atomic mass is 10.1. The first-order chi connectivity index (χ1) is 16.2. The summed E-state index contributed by atoms with van der Waals surface area (Å²) in [7, 11) is 0. The van der Waals surface area contributed by atoms with Crippen molar-refractivity contribution in [2.24, 2.45) is 0 Å². The van der Waals surface area contributed by atoms with Gasteiger partial charge in [0.25, 0.3) is 5.91 Å². The van der Waals surface area contributed by atoms with Gasteiger partial charge in [-0.15, -0.1) is 11.3 Å². The molecule has 5 aromatic rings. The molecule has 3 aromatic carbocycles. The van der Waals surface area contributed by atoms with Gasteiger partial charge in [0.15, 0.2) is 10.9 Å². The average molecular weight is 475 g/mol. The van der Waals surface area contributed by atoms with Crippen LogP contribution in [0.15, 0.2) is 88.7 Å². The zero-order chi connectivity index (χ0) is 22.6. The number of carbonyl (C=O) groups excluding carboxylic acids is 1. The number of hydrogen-bond acceptors (Lipinski definition) is 5. The molecule has 0 aliphatic carbocycles. The van der Waals surface area contributed by atoms with E-state index in [-0.39, 0.29) is 11.7 Å². The number of nitrogens with zero attached hydrogens (tertiary/aromatic N) is 1. The topological polar surface area (TPSA) is 55.1 Å². The molecule has 0 radical (unpaired) electrons. The Hall–Kier alpha value is -3.42. The molecule has 0 aliphatic heterocycles. The first-order valence-corrected chi connectivity index (χ1v) is 12.4. The summed E-state index contributed by atoms with van der Waals surface area (Å²) in [5.41, 5.74) is 4.26. The number of benzene rings is 3. The van der Waals surface area contributed by atoms with Crippen LogP contribution in [0.4, 0.5) is 9.52 Å². The van der Waals surface area contributed by atoms with Crippen molar-refractivity contribution in [3.63, 3.8) is 0 Å². The number of para-hydroxylation sites is 1. The molecule has 2 heterocycles. The van der Waals surface area contributed by atoms with Crippen molar-refractivity contribution < 1.29 is 13.6 Å². The van der Waals surface area contributed by atoms with Crippen LogP contribution in [-0.4, -0.2) is 10.9 Å². The molecule has 2 aromatic heterocycles. The fourth-order valence-electron chi connectivity index (χ4n) is 3.51. The number of fused-ring (bicyclic) bond motifs is 1. The van der Waals surface area contributed by atoms with E-state index in [1.54, 1.807) is 23.9 Å². The Bertz CT molecular complexity index is 1400. The number of halogens is 1. The van der Waals surface area contributed by atoms with Gasteiger partial charge < -0.3 is 4.42 Å². The van der Waals surface area contributed by atoms with Crippen molar-refractivity contribution in [2.75, 3.05) is 5.32 Å². The van der Waals surface area contributed by atoms with Gasteiger partial charge in [-0.1, -0.05) is 48.5 Å². The minimum absolute atomic E-state index is 0.301. The van der Waals surface area contributed by atoms with Crippen LogP contribution in [0, 0.1) is 5.82 Å². The van der Waals surface area contributed by atoms with Crippen molar-refractivity contribution in [3.8, 4) is 11.3 Å². The summed E-state index contributed by atoms with van der Waals surface area (Å²) in [6, 6.07) is 24.0. The SMILES string of the molecule is O=C(Nc1nc(-c2ccc(F)cc2)cs1)c1oc2ccccc2c1CSCc1ccccc1. The number of thioether (sulfide) groups is 1. The van der Waals surface area contributed by atoms with E-state index >= 15 is 0 Å². The monoisotopic (exact) mass is 474 g/mol. The third kappa shape index (κ3) is 4.84. The van der Waals surface area contributed by atoms with Gasteiger partial charge in [0.1, 0.15) is 11.4 Å². The molecular weight excluding hydrogens is 455 g/mol. The van der Waals surface area contributed by atoms with Crippen LogP contribution >= 0.6 is 23.1 Å². The normalized spacial score (nSPS) is 11.1. The van der Waals surface area contributed by atoms with Crippen molar-refractivity contribution in [2.45, 2.75) is 11.5 Å². The smallest absolute Gasteiger partial charge is 0.293 e. The molecule has 7 heteroatoms. The van der Waals surface area contributed by atoms with Crippen molar-refractivity contribution in [1.82, 2.24) is 4.98 Å². The molecule has 33 heavy (non-hydrogen) atoms. The molecule has 5 rings (SSSR count). The summed E-state index contributed by atoms with van der Waals surface area (Å²) in [6.45, 7) is 0. The predicted octanol–water partition coefficient (Wildman–Crippen LogP) is 7.38. The average Bonchev–Trinajstić information content (AvgIpc) is 3.45. The summed E-state index contributed by atoms with van der Waals surface area (Å²) >= 11 is 3.05. The fraction of sp³-hybridized carbons (Fsp3) is 0.0769. The van der Waals surface area contributed by atoms with Crippen LogP contribution in [-0.2, 0) is 11.5 Å². The maximum Gasteiger partial charge on any atom is 0.293 e. The molecule has 164 valence electrons. The van der Waals surface area contributed by atoms with Crippen molar-refractivity contribution in [1.29, 1.82) is 0 Å². The first kappa shape index (κ1) is 21.4. The number of rotatable bonds is 7. The number of anilines is 1. The van der Waals surface area contributed by atoms with Gasteiger partial charge in [-0.05, 0) is 35.9 Å². The summed E-state index contributed by atoms with van der Waals surface area (Å²) in [6.07, 6.45) is 0. The van der Waals surface area contributed by atoms with Gasteiger partial charge in [-0.25, -0.2) is 9.37 Å². The number of amides is 1. The minimum Gasteiger partial charge on any atom is -0.451 e. The fourth-order valence-corrected chi connectivity index (χ4v) is 5.24. The highest BCUT2D eigenvalue weighted by Crippen LogP contribution is 2.32. The van der Waals surface area contributed by atoms with Gasteiger partial charge in [-0.2, -0.15) is 11.8 Å². The maximum absolute atomic E-state index is 13.2. The second kappa shape index (κ2) is 9.60. The molecule has 0 unspecified atom stereocenters. The van der Waals surface area contributed by atoms with Crippen LogP contribution in [0.3, 0.4) is 0 Å². The molecule has 0 atom stereocenters. The largest absolute Gasteiger partial charge is 0.451 e. The third-order valence-corrected chi connectivity index (χ3v) is 6.92. The van der Waals surface area contributed by atoms with E-state index in [1.807, 2.05) is 47.8 Å². The Morgan fingerprint density at radius 1 is 0.970 bits per heavy atom. The highest BCUT2D eigenvalue weighted by atomic mass is 32.2. The molecule has 0 saturated carbocycles. The first-order valence-electron chi connectivity index (χ1n) is 10.3. The van der Waals surface area contributed by atoms with Crippen LogP contribution in [0.5, 0.6) is 0 Å². The Kier molecular flexibility index (Phi) is 6.24. The summed E-state index contributed by atoms with van der Waals surface area (Å²) in [4.78, 5) is 17.6. The minimum atomic E-state index is -0.332. The quantitative estimate of drug-likeness (QED) is 0.267. The van der Waals surface area contributed by atoms with Gasteiger partial charge in [0.2, 0.25) is 0 Å². The Balaban J connectivity index is 1.36. The van der Waals surface area contributed by atoms with E-state index in [0.717, 1.165) is 22.3 Å². The highest BCUT2D eigenvalue weighted by Gasteiger charge is 2.21. The maximum atomic E-state index is 13.2. The Morgan fingerprint density at radius 3 is 2.55 bits per heavy atom. The molecular formula is C26H19FN2O2S2. The van der Waals surface area contributed by atoms with Crippen LogP contribution < -0.4 is 5.32 Å². The highest BCUT2D eigenvalue weighted by molar-refractivity contribution is 7.97. The lowest BCUT2D eigenvalue weighted by Gasteiger charge is -2.04. The van der Waals surface area contributed by atoms with Crippen LogP contribution in [0.2, 0.25) is 0 Å². The summed E-state index contributed by atoms with van der Waals surface area (Å²) in [5.74, 6) is 1.16. The second-order valence-corrected chi connectivity index (χ2v) is 9.23. The van der Waals surface area contributed by atoms with Gasteiger partial charge in [-0.3, -0.25) is 10.1 Å². The molecule has 0 spiro atoms. The number of hydrogen-bond donors (Lipinski definition) is 1. The number of aromatic nitrogens is 1. The molecule has 0 saturated heterocycles. The van der Waals surface area contributed by atoms with E-state index in [4.69, 9.17) is 4.42 Å². The predicted molar refractivity (Wildman–Crippen MR) is 133 cm³/mol.